The first-order valence-electron chi connectivity index (χ1n) is 14.4. The molecule has 5 rings (SSSR count). The van der Waals surface area contributed by atoms with Crippen LogP contribution in [0.2, 0.25) is 0 Å². The first-order chi connectivity index (χ1) is 21.3. The lowest BCUT2D eigenvalue weighted by Crippen LogP contribution is -2.38. The number of fused-ring (bicyclic) bond motifs is 2. The number of amides is 1. The number of hydrogen-bond donors (Lipinski definition) is 0. The maximum atomic E-state index is 14.0. The van der Waals surface area contributed by atoms with Gasteiger partial charge in [-0.25, -0.2) is 4.98 Å². The second-order valence-corrected chi connectivity index (χ2v) is 10.8. The molecule has 0 N–H and O–H groups in total. The molecule has 0 aliphatic rings. The predicted octanol–water partition coefficient (Wildman–Crippen LogP) is 8.97. The van der Waals surface area contributed by atoms with Crippen molar-refractivity contribution in [2.24, 2.45) is 0 Å². The molecule has 0 aliphatic carbocycles. The maximum absolute atomic E-state index is 14.0. The predicted molar refractivity (Wildman–Crippen MR) is 160 cm³/mol. The minimum Gasteiger partial charge on any atom is -0.329 e. The van der Waals surface area contributed by atoms with E-state index in [4.69, 9.17) is 4.98 Å². The van der Waals surface area contributed by atoms with E-state index in [-0.39, 0.29) is 18.4 Å². The van der Waals surface area contributed by atoms with E-state index in [0.717, 1.165) is 17.2 Å². The van der Waals surface area contributed by atoms with Gasteiger partial charge in [-0.3, -0.25) is 14.2 Å². The summed E-state index contributed by atoms with van der Waals surface area (Å²) in [6.45, 7) is 3.49. The van der Waals surface area contributed by atoms with Crippen LogP contribution in [0.4, 0.5) is 26.3 Å². The Kier molecular flexibility index (Phi) is 8.73. The van der Waals surface area contributed by atoms with Crippen LogP contribution in [-0.4, -0.2) is 26.9 Å². The van der Waals surface area contributed by atoms with Gasteiger partial charge < -0.3 is 4.90 Å². The van der Waals surface area contributed by atoms with Gasteiger partial charge in [-0.2, -0.15) is 26.3 Å². The molecule has 0 radical (unpaired) electrons. The lowest BCUT2D eigenvalue weighted by atomic mass is 10.0. The van der Waals surface area contributed by atoms with Gasteiger partial charge in [0.25, 0.3) is 11.5 Å². The van der Waals surface area contributed by atoms with Crippen molar-refractivity contribution in [3.8, 4) is 5.69 Å². The van der Waals surface area contributed by atoms with Crippen molar-refractivity contribution < 1.29 is 31.1 Å². The Morgan fingerprint density at radius 2 is 1.44 bits per heavy atom. The van der Waals surface area contributed by atoms with E-state index in [1.54, 1.807) is 43.3 Å². The Hall–Kier alpha value is -4.67. The van der Waals surface area contributed by atoms with E-state index in [9.17, 15) is 35.9 Å². The second-order valence-electron chi connectivity index (χ2n) is 10.8. The molecule has 1 heterocycles. The highest BCUT2D eigenvalue weighted by atomic mass is 19.4. The van der Waals surface area contributed by atoms with Crippen molar-refractivity contribution in [2.75, 3.05) is 6.54 Å². The number of rotatable bonds is 8. The van der Waals surface area contributed by atoms with Crippen LogP contribution in [0.3, 0.4) is 0 Å². The second kappa shape index (κ2) is 12.4. The number of hydrogen-bond acceptors (Lipinski definition) is 3. The van der Waals surface area contributed by atoms with Gasteiger partial charge in [0, 0.05) is 12.1 Å². The summed E-state index contributed by atoms with van der Waals surface area (Å²) in [5.74, 6) is -0.926. The number of nitrogens with zero attached hydrogens (tertiary/aromatic N) is 3. The first-order valence-corrected chi connectivity index (χ1v) is 14.4. The molecule has 0 spiro atoms. The van der Waals surface area contributed by atoms with E-state index in [0.29, 0.717) is 41.6 Å². The van der Waals surface area contributed by atoms with Gasteiger partial charge in [0.1, 0.15) is 5.82 Å². The van der Waals surface area contributed by atoms with E-state index in [1.165, 1.54) is 9.47 Å². The maximum Gasteiger partial charge on any atom is 0.416 e. The molecule has 0 saturated heterocycles. The number of para-hydroxylation sites is 1. The number of halogens is 6. The molecule has 1 unspecified atom stereocenters. The van der Waals surface area contributed by atoms with Crippen LogP contribution in [0.5, 0.6) is 0 Å². The third-order valence-electron chi connectivity index (χ3n) is 7.73. The molecule has 0 aliphatic heterocycles. The summed E-state index contributed by atoms with van der Waals surface area (Å²) in [5.41, 5.74) is -3.59. The molecule has 0 fully saturated rings. The van der Waals surface area contributed by atoms with Crippen LogP contribution in [0.1, 0.15) is 66.5 Å². The van der Waals surface area contributed by atoms with Crippen LogP contribution in [0.15, 0.2) is 89.7 Å². The quantitative estimate of drug-likeness (QED) is 0.128. The molecular formula is C34H29F6N3O2. The van der Waals surface area contributed by atoms with Gasteiger partial charge in [-0.15, -0.1) is 0 Å². The van der Waals surface area contributed by atoms with Gasteiger partial charge in [0.15, 0.2) is 0 Å². The summed E-state index contributed by atoms with van der Waals surface area (Å²) in [5, 5.41) is 2.05. The van der Waals surface area contributed by atoms with Gasteiger partial charge in [-0.1, -0.05) is 62.2 Å². The Balaban J connectivity index is 1.70. The van der Waals surface area contributed by atoms with Gasteiger partial charge >= 0.3 is 12.4 Å². The Morgan fingerprint density at radius 3 is 2.09 bits per heavy atom. The van der Waals surface area contributed by atoms with E-state index >= 15 is 0 Å². The summed E-state index contributed by atoms with van der Waals surface area (Å²) in [6.07, 6.45) is -8.42. The van der Waals surface area contributed by atoms with E-state index in [2.05, 4.69) is 0 Å². The zero-order chi connectivity index (χ0) is 32.5. The molecular weight excluding hydrogens is 596 g/mol. The molecule has 5 nitrogen and oxygen atoms in total. The largest absolute Gasteiger partial charge is 0.416 e. The fourth-order valence-corrected chi connectivity index (χ4v) is 5.38. The molecule has 0 saturated carbocycles. The van der Waals surface area contributed by atoms with E-state index < -0.39 is 46.6 Å². The number of unbranched alkanes of at least 4 members (excludes halogenated alkanes) is 2. The van der Waals surface area contributed by atoms with Gasteiger partial charge in [-0.05, 0) is 66.6 Å². The summed E-state index contributed by atoms with van der Waals surface area (Å²) < 4.78 is 83.4. The molecule has 1 atom stereocenters. The van der Waals surface area contributed by atoms with Crippen molar-refractivity contribution in [2.45, 2.75) is 51.5 Å². The Bertz CT molecular complexity index is 1900. The molecule has 4 aromatic carbocycles. The molecule has 11 heteroatoms. The third-order valence-corrected chi connectivity index (χ3v) is 7.73. The zero-order valence-corrected chi connectivity index (χ0v) is 24.4. The van der Waals surface area contributed by atoms with E-state index in [1.807, 2.05) is 37.3 Å². The van der Waals surface area contributed by atoms with Crippen LogP contribution in [-0.2, 0) is 12.4 Å². The standard InChI is InChI=1S/C34H29F6N3O2/c1-3-4-9-16-42(31(44)24-17-25(33(35,36)37)20-26(18-24)34(38,39)40)21(2)30-41-29-13-8-7-12-28(29)32(45)43(30)27-15-14-22-10-5-6-11-23(22)19-27/h5-8,10-15,17-21H,3-4,9,16H2,1-2H3. The fourth-order valence-electron chi connectivity index (χ4n) is 5.38. The number of carbonyl (C=O) groups excluding carboxylic acids is 1. The van der Waals surface area contributed by atoms with Crippen molar-refractivity contribution >= 4 is 27.6 Å². The minimum absolute atomic E-state index is 0.00581. The molecule has 1 aromatic heterocycles. The Labute approximate surface area is 254 Å². The normalized spacial score (nSPS) is 12.9. The molecule has 1 amide bonds. The van der Waals surface area contributed by atoms with Crippen molar-refractivity contribution in [1.29, 1.82) is 0 Å². The summed E-state index contributed by atoms with van der Waals surface area (Å²) in [7, 11) is 0. The SMILES string of the molecule is CCCCCN(C(=O)c1cc(C(F)(F)F)cc(C(F)(F)F)c1)C(C)c1nc2ccccc2c(=O)n1-c1ccc2ccccc2c1. The van der Waals surface area contributed by atoms with Gasteiger partial charge in [0.05, 0.1) is 33.8 Å². The van der Waals surface area contributed by atoms with Crippen molar-refractivity contribution in [1.82, 2.24) is 14.5 Å². The fraction of sp³-hybridized carbons (Fsp3) is 0.265. The Morgan fingerprint density at radius 1 is 0.822 bits per heavy atom. The molecule has 234 valence electrons. The van der Waals surface area contributed by atoms with Crippen molar-refractivity contribution in [3.05, 3.63) is 118 Å². The number of carbonyl (C=O) groups is 1. The van der Waals surface area contributed by atoms with Crippen LogP contribution < -0.4 is 5.56 Å². The summed E-state index contributed by atoms with van der Waals surface area (Å²) in [6, 6.07) is 19.3. The van der Waals surface area contributed by atoms with Crippen LogP contribution in [0, 0.1) is 0 Å². The number of aromatic nitrogens is 2. The first kappa shape index (κ1) is 31.7. The molecule has 0 bridgehead atoms. The lowest BCUT2D eigenvalue weighted by Gasteiger charge is -2.31. The summed E-state index contributed by atoms with van der Waals surface area (Å²) in [4.78, 5) is 33.9. The average molecular weight is 626 g/mol. The number of alkyl halides is 6. The minimum atomic E-state index is -5.12. The highest BCUT2D eigenvalue weighted by molar-refractivity contribution is 5.95. The molecule has 5 aromatic rings. The van der Waals surface area contributed by atoms with Crippen LogP contribution in [0.25, 0.3) is 27.4 Å². The van der Waals surface area contributed by atoms with Crippen molar-refractivity contribution in [3.63, 3.8) is 0 Å². The highest BCUT2D eigenvalue weighted by Crippen LogP contribution is 2.37. The highest BCUT2D eigenvalue weighted by Gasteiger charge is 2.38. The number of benzene rings is 4. The average Bonchev–Trinajstić information content (AvgIpc) is 3.01. The topological polar surface area (TPSA) is 55.2 Å². The smallest absolute Gasteiger partial charge is 0.329 e. The lowest BCUT2D eigenvalue weighted by molar-refractivity contribution is -0.143. The zero-order valence-electron chi connectivity index (χ0n) is 24.4. The van der Waals surface area contributed by atoms with Gasteiger partial charge in [0.2, 0.25) is 0 Å². The third kappa shape index (κ3) is 6.57. The van der Waals surface area contributed by atoms with Crippen LogP contribution >= 0.6 is 0 Å². The summed E-state index contributed by atoms with van der Waals surface area (Å²) >= 11 is 0. The molecule has 45 heavy (non-hydrogen) atoms. The monoisotopic (exact) mass is 625 g/mol.